The summed E-state index contributed by atoms with van der Waals surface area (Å²) in [4.78, 5) is 17.2. The molecule has 0 saturated heterocycles. The molecule has 0 atom stereocenters. The van der Waals surface area contributed by atoms with Gasteiger partial charge in [0.1, 0.15) is 0 Å². The molecule has 3 heterocycles. The molecule has 0 amide bonds. The summed E-state index contributed by atoms with van der Waals surface area (Å²) in [6, 6.07) is 53.4. The van der Waals surface area contributed by atoms with E-state index in [4.69, 9.17) is 81.2 Å². The monoisotopic (exact) mass is 1030 g/mol. The molecule has 13 heteroatoms. The van der Waals surface area contributed by atoms with E-state index < -0.39 is 0 Å². The van der Waals surface area contributed by atoms with Gasteiger partial charge in [-0.3, -0.25) is 4.79 Å². The molecule has 0 radical (unpaired) electrons. The van der Waals surface area contributed by atoms with Crippen LogP contribution in [0.1, 0.15) is 28.4 Å². The molecule has 0 fully saturated rings. The van der Waals surface area contributed by atoms with Crippen molar-refractivity contribution in [1.82, 2.24) is 14.1 Å². The van der Waals surface area contributed by atoms with Crippen LogP contribution in [0.5, 0.6) is 0 Å². The minimum absolute atomic E-state index is 0.0239. The topological polar surface area (TPSA) is 42.7 Å². The zero-order chi connectivity index (χ0) is 45.6. The molecule has 7 aromatic carbocycles. The predicted molar refractivity (Wildman–Crippen MR) is 279 cm³/mol. The maximum absolute atomic E-state index is 12.0. The molecule has 0 aliphatic rings. The Balaban J connectivity index is 0.000000136. The Kier molecular flexibility index (Phi) is 15.5. The van der Waals surface area contributed by atoms with Crippen LogP contribution in [-0.2, 0) is 13.1 Å². The second kappa shape index (κ2) is 21.5. The van der Waals surface area contributed by atoms with Gasteiger partial charge in [-0.05, 0) is 121 Å². The zero-order valence-electron chi connectivity index (χ0n) is 34.3. The van der Waals surface area contributed by atoms with E-state index >= 15 is 0 Å². The van der Waals surface area contributed by atoms with Crippen LogP contribution in [0, 0.1) is 0 Å². The van der Waals surface area contributed by atoms with Crippen molar-refractivity contribution in [3.8, 4) is 0 Å². The van der Waals surface area contributed by atoms with E-state index in [0.717, 1.165) is 64.8 Å². The fraction of sp³-hybridized carbons (Fsp3) is 0.0577. The van der Waals surface area contributed by atoms with Gasteiger partial charge in [-0.25, -0.2) is 0 Å². The number of benzene rings is 7. The first kappa shape index (κ1) is 47.1. The van der Waals surface area contributed by atoms with Gasteiger partial charge in [0, 0.05) is 96.9 Å². The molecule has 4 nitrogen and oxygen atoms in total. The van der Waals surface area contributed by atoms with Crippen molar-refractivity contribution in [2.75, 3.05) is 0 Å². The van der Waals surface area contributed by atoms with Crippen molar-refractivity contribution in [1.29, 1.82) is 0 Å². The maximum atomic E-state index is 12.0. The summed E-state index contributed by atoms with van der Waals surface area (Å²) < 4.78 is 4.53. The van der Waals surface area contributed by atoms with Crippen molar-refractivity contribution in [2.24, 2.45) is 0 Å². The van der Waals surface area contributed by atoms with E-state index in [9.17, 15) is 4.79 Å². The van der Waals surface area contributed by atoms with Gasteiger partial charge in [0.05, 0.1) is 15.6 Å². The van der Waals surface area contributed by atoms with Gasteiger partial charge in [0.25, 0.3) is 0 Å². The third kappa shape index (κ3) is 12.1. The van der Waals surface area contributed by atoms with E-state index in [0.29, 0.717) is 30.7 Å². The molecule has 0 aliphatic carbocycles. The normalized spacial score (nSPS) is 11.1. The molecule has 0 bridgehead atoms. The first-order valence-electron chi connectivity index (χ1n) is 20.1. The van der Waals surface area contributed by atoms with Crippen LogP contribution in [0.2, 0.25) is 35.2 Å². The van der Waals surface area contributed by atoms with E-state index in [-0.39, 0.29) is 5.78 Å². The lowest BCUT2D eigenvalue weighted by Gasteiger charge is -2.11. The second-order valence-corrected chi connectivity index (χ2v) is 20.1. The fourth-order valence-corrected chi connectivity index (χ4v) is 11.3. The molecule has 10 rings (SSSR count). The number of rotatable bonds is 9. The maximum Gasteiger partial charge on any atom is 0.163 e. The molecule has 10 aromatic rings. The molecule has 0 saturated carbocycles. The number of H-pyrrole nitrogens is 1. The molecule has 326 valence electrons. The van der Waals surface area contributed by atoms with E-state index in [2.05, 4.69) is 93.1 Å². The average Bonchev–Trinajstić information content (AvgIpc) is 3.93. The minimum atomic E-state index is -0.0239. The standard InChI is InChI=1S/C21H14Cl3NS.C16H10Cl3NOS.C15H12ClN/c22-16-6-7-20-15(8-16)9-21(25(20)13-14-4-2-1-3-5-14)26-19-11-17(23)10-18(24)12-19;1-8(21)15-13-7-9(17)2-3-14(13)20-16(15)22-12-5-10(18)4-11(19)6-12;16-14-6-7-15-13(10-14)8-9-17(15)11-12-4-2-1-3-5-12/h1-12H,13H2;2-7,20H,1H3;1-10H,11H2. The lowest BCUT2D eigenvalue weighted by atomic mass is 10.1. The third-order valence-corrected chi connectivity index (χ3v) is 13.7. The highest BCUT2D eigenvalue weighted by Crippen LogP contribution is 2.39. The third-order valence-electron chi connectivity index (χ3n) is 10.1. The highest BCUT2D eigenvalue weighted by molar-refractivity contribution is 7.99. The smallest absolute Gasteiger partial charge is 0.163 e. The molecule has 3 aromatic heterocycles. The SMILES string of the molecule is CC(=O)c1c(Sc2cc(Cl)cc(Cl)c2)[nH]c2ccc(Cl)cc12.Clc1cc(Cl)cc(Sc2cc3cc(Cl)ccc3n2Cc2ccccc2)c1.Clc1ccc2c(ccn2Cc2ccccc2)c1. The van der Waals surface area contributed by atoms with Gasteiger partial charge in [-0.15, -0.1) is 0 Å². The predicted octanol–water partition coefficient (Wildman–Crippen LogP) is 18.6. The van der Waals surface area contributed by atoms with Crippen LogP contribution >= 0.6 is 105 Å². The summed E-state index contributed by atoms with van der Waals surface area (Å²) in [5.74, 6) is -0.0239. The number of fused-ring (bicyclic) bond motifs is 3. The zero-order valence-corrected chi connectivity index (χ0v) is 41.3. The van der Waals surface area contributed by atoms with E-state index in [1.54, 1.807) is 55.1 Å². The van der Waals surface area contributed by atoms with Crippen LogP contribution in [-0.4, -0.2) is 19.9 Å². The van der Waals surface area contributed by atoms with Crippen LogP contribution in [0.15, 0.2) is 190 Å². The number of ketones is 1. The minimum Gasteiger partial charge on any atom is -0.349 e. The van der Waals surface area contributed by atoms with Crippen LogP contribution in [0.3, 0.4) is 0 Å². The van der Waals surface area contributed by atoms with Gasteiger partial charge < -0.3 is 14.1 Å². The Morgan fingerprint density at radius 3 is 1.63 bits per heavy atom. The van der Waals surface area contributed by atoms with Crippen molar-refractivity contribution >= 4 is 143 Å². The number of aromatic nitrogens is 3. The van der Waals surface area contributed by atoms with Gasteiger partial charge in [-0.2, -0.15) is 0 Å². The number of carbonyl (C=O) groups excluding carboxylic acids is 1. The molecule has 0 aliphatic heterocycles. The Morgan fingerprint density at radius 1 is 0.508 bits per heavy atom. The van der Waals surface area contributed by atoms with Crippen molar-refractivity contribution in [3.05, 3.63) is 222 Å². The van der Waals surface area contributed by atoms with Gasteiger partial charge in [0.15, 0.2) is 5.78 Å². The number of nitrogens with zero attached hydrogens (tertiary/aromatic N) is 2. The van der Waals surface area contributed by atoms with E-state index in [1.165, 1.54) is 33.8 Å². The lowest BCUT2D eigenvalue weighted by molar-refractivity contribution is 0.101. The van der Waals surface area contributed by atoms with E-state index in [1.807, 2.05) is 54.6 Å². The summed E-state index contributed by atoms with van der Waals surface area (Å²) in [6.45, 7) is 3.22. The number of nitrogens with one attached hydrogen (secondary N) is 1. The van der Waals surface area contributed by atoms with Gasteiger partial charge in [-0.1, -0.05) is 165 Å². The number of halogens is 7. The van der Waals surface area contributed by atoms with Crippen LogP contribution < -0.4 is 0 Å². The average molecular weight is 1030 g/mol. The number of aromatic amines is 1. The van der Waals surface area contributed by atoms with Crippen molar-refractivity contribution in [2.45, 2.75) is 39.9 Å². The number of carbonyl (C=O) groups is 1. The van der Waals surface area contributed by atoms with Crippen LogP contribution in [0.25, 0.3) is 32.7 Å². The van der Waals surface area contributed by atoms with Crippen LogP contribution in [0.4, 0.5) is 0 Å². The van der Waals surface area contributed by atoms with Gasteiger partial charge >= 0.3 is 0 Å². The fourth-order valence-electron chi connectivity index (χ4n) is 7.30. The molecular formula is C52H36Cl7N3OS2. The molecule has 65 heavy (non-hydrogen) atoms. The molecular weight excluding hydrogens is 995 g/mol. The molecule has 0 spiro atoms. The highest BCUT2D eigenvalue weighted by atomic mass is 35.5. The summed E-state index contributed by atoms with van der Waals surface area (Å²) in [6.07, 6.45) is 2.11. The highest BCUT2D eigenvalue weighted by Gasteiger charge is 2.18. The molecule has 0 unspecified atom stereocenters. The molecule has 1 N–H and O–H groups in total. The summed E-state index contributed by atoms with van der Waals surface area (Å²) in [7, 11) is 0. The largest absolute Gasteiger partial charge is 0.349 e. The number of hydrogen-bond donors (Lipinski definition) is 1. The Bertz CT molecular complexity index is 3250. The first-order chi connectivity index (χ1) is 31.3. The summed E-state index contributed by atoms with van der Waals surface area (Å²) >= 11 is 45.6. The van der Waals surface area contributed by atoms with Crippen molar-refractivity contribution < 1.29 is 4.79 Å². The Hall–Kier alpha value is -4.44. The summed E-state index contributed by atoms with van der Waals surface area (Å²) in [5, 5.41) is 9.48. The van der Waals surface area contributed by atoms with Gasteiger partial charge in [0.2, 0.25) is 0 Å². The second-order valence-electron chi connectivity index (χ2n) is 14.9. The Morgan fingerprint density at radius 2 is 1.03 bits per heavy atom. The quantitative estimate of drug-likeness (QED) is 0.147. The first-order valence-corrected chi connectivity index (χ1v) is 24.3. The summed E-state index contributed by atoms with van der Waals surface area (Å²) in [5.41, 5.74) is 6.40. The number of hydrogen-bond acceptors (Lipinski definition) is 3. The van der Waals surface area contributed by atoms with Crippen molar-refractivity contribution in [3.63, 3.8) is 0 Å². The Labute approximate surface area is 420 Å². The number of Topliss-reactive ketones (excluding diaryl/α,β-unsaturated/α-hetero) is 1. The lowest BCUT2D eigenvalue weighted by Crippen LogP contribution is -2.00.